The summed E-state index contributed by atoms with van der Waals surface area (Å²) in [6.45, 7) is 9.67. The molecule has 0 heterocycles. The van der Waals surface area contributed by atoms with E-state index in [4.69, 9.17) is 9.47 Å². The van der Waals surface area contributed by atoms with Gasteiger partial charge in [0.05, 0.1) is 12.2 Å². The molecule has 0 saturated heterocycles. The van der Waals surface area contributed by atoms with Gasteiger partial charge < -0.3 is 9.47 Å². The van der Waals surface area contributed by atoms with Gasteiger partial charge in [0.1, 0.15) is 12.4 Å². The molecule has 0 amide bonds. The van der Waals surface area contributed by atoms with Crippen LogP contribution in [-0.2, 0) is 11.2 Å². The number of unbranched alkanes of at least 4 members (excludes halogenated alkanes) is 5. The Morgan fingerprint density at radius 3 is 2.09 bits per heavy atom. The van der Waals surface area contributed by atoms with E-state index in [2.05, 4.69) is 52.0 Å². The third-order valence-corrected chi connectivity index (χ3v) is 3.63. The van der Waals surface area contributed by atoms with E-state index in [0.29, 0.717) is 13.2 Å². The Morgan fingerprint density at radius 1 is 0.818 bits per heavy atom. The first-order valence-electron chi connectivity index (χ1n) is 8.87. The van der Waals surface area contributed by atoms with E-state index in [1.807, 2.05) is 0 Å². The summed E-state index contributed by atoms with van der Waals surface area (Å²) in [5.74, 6) is 0.934. The number of ether oxygens (including phenoxy) is 2. The Balaban J connectivity index is 2.14. The van der Waals surface area contributed by atoms with E-state index in [0.717, 1.165) is 5.75 Å². The lowest BCUT2D eigenvalue weighted by Gasteiger charge is -2.19. The molecule has 0 aliphatic carbocycles. The average Bonchev–Trinajstić information content (AvgIpc) is 2.48. The third-order valence-electron chi connectivity index (χ3n) is 3.63. The number of benzene rings is 1. The lowest BCUT2D eigenvalue weighted by Crippen LogP contribution is -2.22. The second-order valence-corrected chi connectivity index (χ2v) is 6.97. The molecular weight excluding hydrogens is 272 g/mol. The zero-order valence-electron chi connectivity index (χ0n) is 15.0. The van der Waals surface area contributed by atoms with Crippen LogP contribution in [0.15, 0.2) is 24.3 Å². The molecule has 0 fully saturated rings. The van der Waals surface area contributed by atoms with Crippen LogP contribution in [0.5, 0.6) is 5.75 Å². The zero-order valence-corrected chi connectivity index (χ0v) is 15.0. The van der Waals surface area contributed by atoms with Crippen molar-refractivity contribution in [3.63, 3.8) is 0 Å². The van der Waals surface area contributed by atoms with Crippen LogP contribution in [-0.4, -0.2) is 18.8 Å². The number of aryl methyl sites for hydroxylation is 1. The van der Waals surface area contributed by atoms with E-state index >= 15 is 0 Å². The second-order valence-electron chi connectivity index (χ2n) is 6.97. The van der Waals surface area contributed by atoms with E-state index < -0.39 is 0 Å². The van der Waals surface area contributed by atoms with E-state index in [1.165, 1.54) is 50.5 Å². The third kappa shape index (κ3) is 9.83. The fraction of sp³-hybridized carbons (Fsp3) is 0.700. The fourth-order valence-electron chi connectivity index (χ4n) is 2.37. The Hall–Kier alpha value is -1.02. The van der Waals surface area contributed by atoms with Crippen molar-refractivity contribution in [2.45, 2.75) is 78.2 Å². The van der Waals surface area contributed by atoms with Gasteiger partial charge in [-0.05, 0) is 51.3 Å². The van der Waals surface area contributed by atoms with E-state index in [9.17, 15) is 0 Å². The maximum atomic E-state index is 5.70. The highest BCUT2D eigenvalue weighted by atomic mass is 16.5. The predicted octanol–water partition coefficient (Wildman–Crippen LogP) is 5.78. The molecule has 0 radical (unpaired) electrons. The molecular formula is C20H34O2. The molecule has 1 rings (SSSR count). The minimum Gasteiger partial charge on any atom is -0.491 e. The molecule has 0 aliphatic heterocycles. The van der Waals surface area contributed by atoms with Crippen LogP contribution in [0.1, 0.15) is 71.8 Å². The highest BCUT2D eigenvalue weighted by Gasteiger charge is 2.09. The SMILES string of the molecule is CCCCCCCCc1ccc(OCCOC(C)(C)C)cc1. The van der Waals surface area contributed by atoms with Crippen molar-refractivity contribution >= 4 is 0 Å². The van der Waals surface area contributed by atoms with Crippen LogP contribution in [0.3, 0.4) is 0 Å². The largest absolute Gasteiger partial charge is 0.491 e. The summed E-state index contributed by atoms with van der Waals surface area (Å²) < 4.78 is 11.3. The Labute approximate surface area is 137 Å². The smallest absolute Gasteiger partial charge is 0.119 e. The quantitative estimate of drug-likeness (QED) is 0.482. The van der Waals surface area contributed by atoms with Crippen molar-refractivity contribution in [3.05, 3.63) is 29.8 Å². The van der Waals surface area contributed by atoms with Gasteiger partial charge in [0, 0.05) is 0 Å². The minimum absolute atomic E-state index is 0.0929. The van der Waals surface area contributed by atoms with Gasteiger partial charge in [0.25, 0.3) is 0 Å². The van der Waals surface area contributed by atoms with Crippen molar-refractivity contribution in [2.24, 2.45) is 0 Å². The lowest BCUT2D eigenvalue weighted by atomic mass is 10.0. The van der Waals surface area contributed by atoms with Gasteiger partial charge in [0.2, 0.25) is 0 Å². The first-order valence-corrected chi connectivity index (χ1v) is 8.87. The Kier molecular flexibility index (Phi) is 9.22. The molecule has 2 nitrogen and oxygen atoms in total. The van der Waals surface area contributed by atoms with E-state index in [1.54, 1.807) is 0 Å². The molecule has 0 N–H and O–H groups in total. The van der Waals surface area contributed by atoms with Gasteiger partial charge in [0.15, 0.2) is 0 Å². The van der Waals surface area contributed by atoms with Crippen LogP contribution in [0.4, 0.5) is 0 Å². The molecule has 0 saturated carbocycles. The van der Waals surface area contributed by atoms with Gasteiger partial charge in [-0.3, -0.25) is 0 Å². The van der Waals surface area contributed by atoms with Crippen molar-refractivity contribution < 1.29 is 9.47 Å². The normalized spacial score (nSPS) is 11.6. The van der Waals surface area contributed by atoms with Gasteiger partial charge in [-0.1, -0.05) is 51.2 Å². The van der Waals surface area contributed by atoms with Crippen molar-refractivity contribution in [1.29, 1.82) is 0 Å². The summed E-state index contributed by atoms with van der Waals surface area (Å²) in [6, 6.07) is 8.52. The summed E-state index contributed by atoms with van der Waals surface area (Å²) in [5, 5.41) is 0. The Morgan fingerprint density at radius 2 is 1.45 bits per heavy atom. The minimum atomic E-state index is -0.0929. The van der Waals surface area contributed by atoms with Crippen molar-refractivity contribution in [1.82, 2.24) is 0 Å². The summed E-state index contributed by atoms with van der Waals surface area (Å²) in [6.07, 6.45) is 9.29. The van der Waals surface area contributed by atoms with Crippen molar-refractivity contribution in [2.75, 3.05) is 13.2 Å². The molecule has 126 valence electrons. The number of rotatable bonds is 11. The van der Waals surface area contributed by atoms with Crippen LogP contribution in [0.2, 0.25) is 0 Å². The molecule has 0 atom stereocenters. The molecule has 0 unspecified atom stereocenters. The summed E-state index contributed by atoms with van der Waals surface area (Å²) in [4.78, 5) is 0. The fourth-order valence-corrected chi connectivity index (χ4v) is 2.37. The van der Waals surface area contributed by atoms with Gasteiger partial charge in [-0.25, -0.2) is 0 Å². The maximum Gasteiger partial charge on any atom is 0.119 e. The highest BCUT2D eigenvalue weighted by molar-refractivity contribution is 5.27. The molecule has 1 aromatic carbocycles. The molecule has 0 aromatic heterocycles. The predicted molar refractivity (Wildman–Crippen MR) is 94.7 cm³/mol. The summed E-state index contributed by atoms with van der Waals surface area (Å²) in [5.41, 5.74) is 1.32. The molecule has 1 aromatic rings. The maximum absolute atomic E-state index is 5.70. The lowest BCUT2D eigenvalue weighted by molar-refractivity contribution is -0.0163. The zero-order chi connectivity index (χ0) is 16.3. The molecule has 0 aliphatic rings. The Bertz CT molecular complexity index is 376. The standard InChI is InChI=1S/C20H34O2/c1-5-6-7-8-9-10-11-18-12-14-19(15-13-18)21-16-17-22-20(2,3)4/h12-15H,5-11,16-17H2,1-4H3. The highest BCUT2D eigenvalue weighted by Crippen LogP contribution is 2.15. The van der Waals surface area contributed by atoms with Gasteiger partial charge in [-0.2, -0.15) is 0 Å². The van der Waals surface area contributed by atoms with Crippen LogP contribution >= 0.6 is 0 Å². The summed E-state index contributed by atoms with van der Waals surface area (Å²) >= 11 is 0. The summed E-state index contributed by atoms with van der Waals surface area (Å²) in [7, 11) is 0. The average molecular weight is 306 g/mol. The monoisotopic (exact) mass is 306 g/mol. The number of hydrogen-bond donors (Lipinski definition) is 0. The first-order chi connectivity index (χ1) is 10.5. The first kappa shape index (κ1) is 19.0. The second kappa shape index (κ2) is 10.7. The van der Waals surface area contributed by atoms with Crippen LogP contribution in [0, 0.1) is 0 Å². The van der Waals surface area contributed by atoms with Crippen LogP contribution < -0.4 is 4.74 Å². The molecule has 22 heavy (non-hydrogen) atoms. The topological polar surface area (TPSA) is 18.5 Å². The number of hydrogen-bond acceptors (Lipinski definition) is 2. The van der Waals surface area contributed by atoms with Crippen LogP contribution in [0.25, 0.3) is 0 Å². The van der Waals surface area contributed by atoms with Gasteiger partial charge >= 0.3 is 0 Å². The van der Waals surface area contributed by atoms with E-state index in [-0.39, 0.29) is 5.60 Å². The molecule has 2 heteroatoms. The molecule has 0 spiro atoms. The van der Waals surface area contributed by atoms with Gasteiger partial charge in [-0.15, -0.1) is 0 Å². The van der Waals surface area contributed by atoms with Crippen molar-refractivity contribution in [3.8, 4) is 5.75 Å². The molecule has 0 bridgehead atoms.